The molecular formula is C18H20N2O5S2. The molecule has 0 aliphatic rings. The van der Waals surface area contributed by atoms with Crippen LogP contribution in [0.25, 0.3) is 10.9 Å². The Morgan fingerprint density at radius 1 is 1.00 bits per heavy atom. The third kappa shape index (κ3) is 4.15. The van der Waals surface area contributed by atoms with E-state index >= 15 is 0 Å². The minimum absolute atomic E-state index is 0.232. The molecule has 1 heterocycles. The summed E-state index contributed by atoms with van der Waals surface area (Å²) in [6.45, 7) is 1.26. The molecule has 0 spiro atoms. The molecule has 7 nitrogen and oxygen atoms in total. The van der Waals surface area contributed by atoms with Crippen LogP contribution in [0.5, 0.6) is 0 Å². The van der Waals surface area contributed by atoms with Gasteiger partial charge in [0.1, 0.15) is 4.90 Å². The van der Waals surface area contributed by atoms with Gasteiger partial charge in [0, 0.05) is 42.7 Å². The number of fused-ring (bicyclic) bond motifs is 1. The van der Waals surface area contributed by atoms with Crippen LogP contribution in [0.4, 0.5) is 5.69 Å². The lowest BCUT2D eigenvalue weighted by atomic mass is 10.2. The molecule has 1 aromatic heterocycles. The van der Waals surface area contributed by atoms with Gasteiger partial charge in [-0.05, 0) is 36.4 Å². The SMILES string of the molecule is COCCn1ccc2cc(NS(=O)(=O)c3ccccc3S(C)(=O)=O)ccc21. The summed E-state index contributed by atoms with van der Waals surface area (Å²) in [4.78, 5) is -0.505. The van der Waals surface area contributed by atoms with E-state index in [1.807, 2.05) is 22.9 Å². The average molecular weight is 409 g/mol. The van der Waals surface area contributed by atoms with Crippen molar-refractivity contribution in [2.75, 3.05) is 24.7 Å². The number of methoxy groups -OCH3 is 1. The first-order valence-corrected chi connectivity index (χ1v) is 11.5. The Morgan fingerprint density at radius 3 is 2.37 bits per heavy atom. The monoisotopic (exact) mass is 408 g/mol. The fourth-order valence-corrected chi connectivity index (χ4v) is 5.52. The molecule has 0 aliphatic carbocycles. The zero-order chi connectivity index (χ0) is 19.7. The van der Waals surface area contributed by atoms with Crippen LogP contribution in [0.3, 0.4) is 0 Å². The van der Waals surface area contributed by atoms with E-state index in [2.05, 4.69) is 4.72 Å². The highest BCUT2D eigenvalue weighted by Crippen LogP contribution is 2.26. The first kappa shape index (κ1) is 19.4. The molecule has 144 valence electrons. The van der Waals surface area contributed by atoms with Gasteiger partial charge in [0.15, 0.2) is 9.84 Å². The van der Waals surface area contributed by atoms with Gasteiger partial charge in [0.25, 0.3) is 10.0 Å². The van der Waals surface area contributed by atoms with Gasteiger partial charge in [0.05, 0.1) is 11.5 Å². The van der Waals surface area contributed by atoms with Gasteiger partial charge in [-0.2, -0.15) is 0 Å². The first-order chi connectivity index (χ1) is 12.7. The van der Waals surface area contributed by atoms with Crippen LogP contribution in [0.1, 0.15) is 0 Å². The van der Waals surface area contributed by atoms with Crippen molar-refractivity contribution in [1.29, 1.82) is 0 Å². The molecule has 0 amide bonds. The van der Waals surface area contributed by atoms with E-state index in [0.29, 0.717) is 18.8 Å². The fourth-order valence-electron chi connectivity index (χ4n) is 2.84. The molecule has 27 heavy (non-hydrogen) atoms. The van der Waals surface area contributed by atoms with Gasteiger partial charge >= 0.3 is 0 Å². The second-order valence-electron chi connectivity index (χ2n) is 6.10. The number of nitrogens with zero attached hydrogens (tertiary/aromatic N) is 1. The van der Waals surface area contributed by atoms with Gasteiger partial charge < -0.3 is 9.30 Å². The Kier molecular flexibility index (Phi) is 5.27. The smallest absolute Gasteiger partial charge is 0.263 e. The van der Waals surface area contributed by atoms with Crippen molar-refractivity contribution in [2.24, 2.45) is 0 Å². The van der Waals surface area contributed by atoms with Crippen molar-refractivity contribution in [3.63, 3.8) is 0 Å². The van der Waals surface area contributed by atoms with E-state index in [9.17, 15) is 16.8 Å². The molecule has 2 aromatic carbocycles. The van der Waals surface area contributed by atoms with E-state index in [0.717, 1.165) is 17.2 Å². The molecule has 0 saturated carbocycles. The predicted octanol–water partition coefficient (Wildman–Crippen LogP) is 2.49. The summed E-state index contributed by atoms with van der Waals surface area (Å²) < 4.78 is 58.9. The maximum absolute atomic E-state index is 12.8. The summed E-state index contributed by atoms with van der Waals surface area (Å²) in [5, 5.41) is 0.864. The highest BCUT2D eigenvalue weighted by atomic mass is 32.2. The highest BCUT2D eigenvalue weighted by Gasteiger charge is 2.23. The number of hydrogen-bond donors (Lipinski definition) is 1. The summed E-state index contributed by atoms with van der Waals surface area (Å²) in [6, 6.07) is 12.6. The third-order valence-corrected chi connectivity index (χ3v) is 6.82. The van der Waals surface area contributed by atoms with Crippen molar-refractivity contribution in [3.8, 4) is 0 Å². The standard InChI is InChI=1S/C18H20N2O5S2/c1-25-12-11-20-10-9-14-13-15(7-8-16(14)20)19-27(23,24)18-6-4-3-5-17(18)26(2,21)22/h3-10,13,19H,11-12H2,1-2H3. The Hall–Kier alpha value is -2.36. The van der Waals surface area contributed by atoms with Crippen molar-refractivity contribution < 1.29 is 21.6 Å². The Balaban J connectivity index is 1.95. The summed E-state index contributed by atoms with van der Waals surface area (Å²) in [5.41, 5.74) is 1.31. The maximum Gasteiger partial charge on any atom is 0.263 e. The van der Waals surface area contributed by atoms with E-state index in [1.54, 1.807) is 19.2 Å². The molecule has 1 N–H and O–H groups in total. The number of anilines is 1. The maximum atomic E-state index is 12.8. The molecule has 0 unspecified atom stereocenters. The van der Waals surface area contributed by atoms with Crippen LogP contribution in [0.15, 0.2) is 64.5 Å². The van der Waals surface area contributed by atoms with Crippen LogP contribution in [-0.2, 0) is 31.1 Å². The summed E-state index contributed by atoms with van der Waals surface area (Å²) in [5.74, 6) is 0. The lowest BCUT2D eigenvalue weighted by molar-refractivity contribution is 0.188. The number of aromatic nitrogens is 1. The third-order valence-electron chi connectivity index (χ3n) is 4.10. The predicted molar refractivity (Wildman–Crippen MR) is 104 cm³/mol. The van der Waals surface area contributed by atoms with Crippen LogP contribution in [0.2, 0.25) is 0 Å². The van der Waals surface area contributed by atoms with Crippen molar-refractivity contribution >= 4 is 36.5 Å². The molecule has 0 radical (unpaired) electrons. The van der Waals surface area contributed by atoms with E-state index in [4.69, 9.17) is 4.74 Å². The second-order valence-corrected chi connectivity index (χ2v) is 9.73. The van der Waals surface area contributed by atoms with Gasteiger partial charge in [-0.15, -0.1) is 0 Å². The largest absolute Gasteiger partial charge is 0.383 e. The highest BCUT2D eigenvalue weighted by molar-refractivity contribution is 7.95. The van der Waals surface area contributed by atoms with Crippen LogP contribution in [-0.4, -0.2) is 41.4 Å². The van der Waals surface area contributed by atoms with Gasteiger partial charge in [-0.25, -0.2) is 16.8 Å². The molecule has 0 aliphatic heterocycles. The summed E-state index contributed by atoms with van der Waals surface area (Å²) in [6.07, 6.45) is 2.89. The van der Waals surface area contributed by atoms with Gasteiger partial charge in [0.2, 0.25) is 0 Å². The van der Waals surface area contributed by atoms with Crippen molar-refractivity contribution in [2.45, 2.75) is 16.3 Å². The Bertz CT molecular complexity index is 1180. The van der Waals surface area contributed by atoms with E-state index in [1.165, 1.54) is 24.3 Å². The van der Waals surface area contributed by atoms with E-state index < -0.39 is 19.9 Å². The second kappa shape index (κ2) is 7.34. The van der Waals surface area contributed by atoms with Crippen LogP contribution in [0, 0.1) is 0 Å². The zero-order valence-electron chi connectivity index (χ0n) is 14.9. The number of sulfonamides is 1. The first-order valence-electron chi connectivity index (χ1n) is 8.12. The normalized spacial score (nSPS) is 12.4. The Labute approximate surface area is 158 Å². The van der Waals surface area contributed by atoms with Crippen molar-refractivity contribution in [1.82, 2.24) is 4.57 Å². The summed E-state index contributed by atoms with van der Waals surface area (Å²) in [7, 11) is -6.11. The topological polar surface area (TPSA) is 94.5 Å². The van der Waals surface area contributed by atoms with Crippen molar-refractivity contribution in [3.05, 3.63) is 54.7 Å². The zero-order valence-corrected chi connectivity index (χ0v) is 16.5. The minimum atomic E-state index is -4.06. The number of rotatable bonds is 7. The lowest BCUT2D eigenvalue weighted by Gasteiger charge is -2.12. The number of benzene rings is 2. The average Bonchev–Trinajstić information content (AvgIpc) is 3.01. The van der Waals surface area contributed by atoms with Gasteiger partial charge in [-0.1, -0.05) is 12.1 Å². The fraction of sp³-hybridized carbons (Fsp3) is 0.222. The number of nitrogens with one attached hydrogen (secondary N) is 1. The molecule has 0 bridgehead atoms. The Morgan fingerprint density at radius 2 is 1.70 bits per heavy atom. The summed E-state index contributed by atoms with van der Waals surface area (Å²) >= 11 is 0. The molecular weight excluding hydrogens is 388 g/mol. The van der Waals surface area contributed by atoms with Gasteiger partial charge in [-0.3, -0.25) is 4.72 Å². The lowest BCUT2D eigenvalue weighted by Crippen LogP contribution is -2.16. The molecule has 3 rings (SSSR count). The molecule has 0 fully saturated rings. The quantitative estimate of drug-likeness (QED) is 0.648. The van der Waals surface area contributed by atoms with Crippen LogP contribution < -0.4 is 4.72 Å². The molecule has 3 aromatic rings. The van der Waals surface area contributed by atoms with E-state index in [-0.39, 0.29) is 9.79 Å². The minimum Gasteiger partial charge on any atom is -0.383 e. The number of ether oxygens (including phenoxy) is 1. The molecule has 9 heteroatoms. The number of hydrogen-bond acceptors (Lipinski definition) is 5. The molecule has 0 saturated heterocycles. The van der Waals surface area contributed by atoms with Crippen LogP contribution >= 0.6 is 0 Å². The molecule has 0 atom stereocenters. The number of sulfone groups is 1.